The molecule has 0 saturated carbocycles. The number of alkyl halides is 1. The van der Waals surface area contributed by atoms with Crippen molar-refractivity contribution in [1.29, 1.82) is 5.41 Å². The Morgan fingerprint density at radius 2 is 2.10 bits per heavy atom. The van der Waals surface area contributed by atoms with Gasteiger partial charge >= 0.3 is 0 Å². The van der Waals surface area contributed by atoms with Gasteiger partial charge in [0.25, 0.3) is 0 Å². The highest BCUT2D eigenvalue weighted by atomic mass is 19.1. The van der Waals surface area contributed by atoms with Crippen LogP contribution in [-0.2, 0) is 4.79 Å². The first-order valence-corrected chi connectivity index (χ1v) is 6.01. The van der Waals surface area contributed by atoms with Gasteiger partial charge in [-0.15, -0.1) is 0 Å². The highest BCUT2D eigenvalue weighted by Gasteiger charge is 2.00. The fourth-order valence-corrected chi connectivity index (χ4v) is 1.34. The number of hydrogen-bond acceptors (Lipinski definition) is 4. The van der Waals surface area contributed by atoms with Crippen LogP contribution in [0.3, 0.4) is 0 Å². The Kier molecular flexibility index (Phi) is 6.53. The van der Waals surface area contributed by atoms with Crippen LogP contribution in [0, 0.1) is 5.41 Å². The van der Waals surface area contributed by atoms with Crippen molar-refractivity contribution >= 4 is 23.5 Å². The molecule has 0 fully saturated rings. The molecular formula is C14H17FN4O. The van der Waals surface area contributed by atoms with Crippen LogP contribution in [0.4, 0.5) is 15.8 Å². The van der Waals surface area contributed by atoms with Gasteiger partial charge in [0.1, 0.15) is 6.67 Å². The van der Waals surface area contributed by atoms with Crippen molar-refractivity contribution in [3.63, 3.8) is 0 Å². The third kappa shape index (κ3) is 5.34. The van der Waals surface area contributed by atoms with Gasteiger partial charge in [-0.05, 0) is 18.2 Å². The molecule has 1 aromatic rings. The number of allylic oxidation sites excluding steroid dienone is 2. The topological polar surface area (TPSA) is 91.0 Å². The smallest absolute Gasteiger partial charge is 0.248 e. The van der Waals surface area contributed by atoms with Crippen LogP contribution >= 0.6 is 0 Å². The molecule has 1 aromatic carbocycles. The van der Waals surface area contributed by atoms with Gasteiger partial charge in [0.05, 0.1) is 11.4 Å². The number of nitrogens with one attached hydrogen (secondary N) is 3. The molecule has 0 aliphatic heterocycles. The number of carbonyl (C=O) groups is 1. The van der Waals surface area contributed by atoms with Gasteiger partial charge in [0.2, 0.25) is 5.91 Å². The maximum absolute atomic E-state index is 11.9. The predicted molar refractivity (Wildman–Crippen MR) is 79.5 cm³/mol. The number of carbonyl (C=O) groups excluding carboxylic acids is 1. The standard InChI is InChI=1S/C14H17FN4O/c15-7-8-18-10-11(9-16)5-6-14(20)19-13-4-2-1-3-12(13)17/h1-6,9-10,16,18H,7-8,17H2,(H,19,20)/b6-5+,11-10-,16-9?. The van der Waals surface area contributed by atoms with Gasteiger partial charge in [-0.2, -0.15) is 0 Å². The number of nitrogen functional groups attached to an aromatic ring is 1. The second kappa shape index (κ2) is 8.47. The molecule has 0 spiro atoms. The molecule has 0 atom stereocenters. The fourth-order valence-electron chi connectivity index (χ4n) is 1.34. The molecule has 6 heteroatoms. The minimum absolute atomic E-state index is 0.165. The molecule has 20 heavy (non-hydrogen) atoms. The van der Waals surface area contributed by atoms with Gasteiger partial charge in [-0.3, -0.25) is 4.79 Å². The number of hydrogen-bond donors (Lipinski definition) is 4. The zero-order valence-corrected chi connectivity index (χ0v) is 10.9. The normalized spacial score (nSPS) is 11.3. The van der Waals surface area contributed by atoms with E-state index in [0.29, 0.717) is 16.9 Å². The second-order valence-electron chi connectivity index (χ2n) is 3.84. The van der Waals surface area contributed by atoms with Crippen molar-refractivity contribution in [2.75, 3.05) is 24.3 Å². The summed E-state index contributed by atoms with van der Waals surface area (Å²) in [6.07, 6.45) is 5.26. The monoisotopic (exact) mass is 276 g/mol. The van der Waals surface area contributed by atoms with Gasteiger partial charge in [0.15, 0.2) is 0 Å². The lowest BCUT2D eigenvalue weighted by atomic mass is 10.2. The second-order valence-corrected chi connectivity index (χ2v) is 3.84. The van der Waals surface area contributed by atoms with Crippen LogP contribution in [0.2, 0.25) is 0 Å². The largest absolute Gasteiger partial charge is 0.397 e. The Labute approximate surface area is 116 Å². The first-order valence-electron chi connectivity index (χ1n) is 6.01. The average Bonchev–Trinajstić information content (AvgIpc) is 2.45. The maximum Gasteiger partial charge on any atom is 0.248 e. The fraction of sp³-hybridized carbons (Fsp3) is 0.143. The number of nitrogens with two attached hydrogens (primary N) is 1. The van der Waals surface area contributed by atoms with E-state index in [4.69, 9.17) is 11.1 Å². The van der Waals surface area contributed by atoms with E-state index in [1.54, 1.807) is 24.3 Å². The Hall–Kier alpha value is -2.63. The van der Waals surface area contributed by atoms with E-state index in [9.17, 15) is 9.18 Å². The van der Waals surface area contributed by atoms with Crippen molar-refractivity contribution in [2.45, 2.75) is 0 Å². The van der Waals surface area contributed by atoms with Crippen molar-refractivity contribution < 1.29 is 9.18 Å². The van der Waals surface area contributed by atoms with Crippen LogP contribution in [0.15, 0.2) is 48.2 Å². The summed E-state index contributed by atoms with van der Waals surface area (Å²) in [6, 6.07) is 6.91. The molecule has 5 nitrogen and oxygen atoms in total. The van der Waals surface area contributed by atoms with E-state index >= 15 is 0 Å². The summed E-state index contributed by atoms with van der Waals surface area (Å²) in [4.78, 5) is 11.7. The van der Waals surface area contributed by atoms with Crippen LogP contribution < -0.4 is 16.4 Å². The molecular weight excluding hydrogens is 259 g/mol. The number of benzene rings is 1. The zero-order valence-electron chi connectivity index (χ0n) is 10.9. The molecule has 0 unspecified atom stereocenters. The molecule has 0 aliphatic carbocycles. The SMILES string of the molecule is N=CC(=C\NCCF)/C=C/C(=O)Nc1ccccc1N. The quantitative estimate of drug-likeness (QED) is 0.201. The predicted octanol–water partition coefficient (Wildman–Crippen LogP) is 1.86. The summed E-state index contributed by atoms with van der Waals surface area (Å²) in [7, 11) is 0. The summed E-state index contributed by atoms with van der Waals surface area (Å²) in [5.41, 5.74) is 7.15. The number of para-hydroxylation sites is 2. The number of rotatable bonds is 7. The molecule has 0 aliphatic rings. The van der Waals surface area contributed by atoms with E-state index in [-0.39, 0.29) is 12.5 Å². The Morgan fingerprint density at radius 3 is 2.75 bits per heavy atom. The maximum atomic E-state index is 11.9. The Morgan fingerprint density at radius 1 is 1.35 bits per heavy atom. The highest BCUT2D eigenvalue weighted by molar-refractivity contribution is 6.02. The molecule has 0 radical (unpaired) electrons. The summed E-state index contributed by atoms with van der Waals surface area (Å²) in [6.45, 7) is -0.336. The van der Waals surface area contributed by atoms with Gasteiger partial charge < -0.3 is 21.8 Å². The van der Waals surface area contributed by atoms with E-state index in [0.717, 1.165) is 6.21 Å². The lowest BCUT2D eigenvalue weighted by molar-refractivity contribution is -0.111. The minimum Gasteiger partial charge on any atom is -0.397 e. The van der Waals surface area contributed by atoms with Crippen molar-refractivity contribution in [3.8, 4) is 0 Å². The van der Waals surface area contributed by atoms with Gasteiger partial charge in [-0.1, -0.05) is 12.1 Å². The molecule has 0 bridgehead atoms. The van der Waals surface area contributed by atoms with Crippen LogP contribution in [0.5, 0.6) is 0 Å². The lowest BCUT2D eigenvalue weighted by Crippen LogP contribution is -2.11. The summed E-state index contributed by atoms with van der Waals surface area (Å²) in [5, 5.41) is 12.5. The van der Waals surface area contributed by atoms with Crippen molar-refractivity contribution in [2.24, 2.45) is 0 Å². The van der Waals surface area contributed by atoms with Crippen LogP contribution in [0.1, 0.15) is 0 Å². The van der Waals surface area contributed by atoms with E-state index in [1.807, 2.05) is 0 Å². The number of anilines is 2. The molecule has 1 amide bonds. The zero-order chi connectivity index (χ0) is 14.8. The van der Waals surface area contributed by atoms with E-state index in [1.165, 1.54) is 18.4 Å². The van der Waals surface area contributed by atoms with E-state index < -0.39 is 6.67 Å². The molecule has 0 heterocycles. The van der Waals surface area contributed by atoms with Gasteiger partial charge in [-0.25, -0.2) is 4.39 Å². The third-order valence-corrected chi connectivity index (χ3v) is 2.32. The average molecular weight is 276 g/mol. The molecule has 5 N–H and O–H groups in total. The number of amides is 1. The van der Waals surface area contributed by atoms with Crippen molar-refractivity contribution in [3.05, 3.63) is 48.2 Å². The molecule has 1 rings (SSSR count). The first-order chi connectivity index (χ1) is 9.67. The lowest BCUT2D eigenvalue weighted by Gasteiger charge is -2.05. The van der Waals surface area contributed by atoms with E-state index in [2.05, 4.69) is 10.6 Å². The summed E-state index contributed by atoms with van der Waals surface area (Å²) < 4.78 is 11.9. The Balaban J connectivity index is 2.60. The molecule has 106 valence electrons. The number of halogens is 1. The summed E-state index contributed by atoms with van der Waals surface area (Å²) in [5.74, 6) is -0.360. The molecule has 0 aromatic heterocycles. The highest BCUT2D eigenvalue weighted by Crippen LogP contribution is 2.16. The molecule has 0 saturated heterocycles. The minimum atomic E-state index is -0.501. The van der Waals surface area contributed by atoms with Crippen LogP contribution in [-0.4, -0.2) is 25.3 Å². The third-order valence-electron chi connectivity index (χ3n) is 2.32. The van der Waals surface area contributed by atoms with Crippen LogP contribution in [0.25, 0.3) is 0 Å². The van der Waals surface area contributed by atoms with Gasteiger partial charge in [0, 0.05) is 30.6 Å². The first kappa shape index (κ1) is 15.4. The summed E-state index contributed by atoms with van der Waals surface area (Å²) >= 11 is 0. The Bertz CT molecular complexity index is 526. The van der Waals surface area contributed by atoms with Crippen molar-refractivity contribution in [1.82, 2.24) is 5.32 Å².